The molecule has 1 atom stereocenters. The molecule has 0 unspecified atom stereocenters. The first kappa shape index (κ1) is 35.0. The number of hydrogen-bond donors (Lipinski definition) is 3. The van der Waals surface area contributed by atoms with E-state index in [0.717, 1.165) is 33.7 Å². The summed E-state index contributed by atoms with van der Waals surface area (Å²) >= 11 is 6.29. The molecule has 0 saturated heterocycles. The van der Waals surface area contributed by atoms with E-state index >= 15 is 0 Å². The lowest BCUT2D eigenvalue weighted by Crippen LogP contribution is -2.42. The van der Waals surface area contributed by atoms with Gasteiger partial charge in [0.1, 0.15) is 17.5 Å². The number of carboxylic acids is 1. The minimum absolute atomic E-state index is 0.0581. The van der Waals surface area contributed by atoms with Crippen molar-refractivity contribution < 1.29 is 19.4 Å². The van der Waals surface area contributed by atoms with Crippen LogP contribution in [0, 0.1) is 0 Å². The molecule has 5 rings (SSSR count). The molecule has 0 aliphatic heterocycles. The minimum atomic E-state index is -1.14. The third-order valence-corrected chi connectivity index (χ3v) is 8.51. The fraction of sp³-hybridized carbons (Fsp3) is 0.220. The fourth-order valence-electron chi connectivity index (χ4n) is 5.39. The number of nitrogens with zero attached hydrogens (tertiary/aromatic N) is 1. The van der Waals surface area contributed by atoms with Crippen LogP contribution in [0.5, 0.6) is 11.5 Å². The maximum Gasteiger partial charge on any atom is 0.326 e. The van der Waals surface area contributed by atoms with E-state index in [0.29, 0.717) is 23.0 Å². The largest absolute Gasteiger partial charge is 0.480 e. The summed E-state index contributed by atoms with van der Waals surface area (Å²) in [6.07, 6.45) is 0.121. The summed E-state index contributed by atoms with van der Waals surface area (Å²) in [6, 6.07) is 35.5. The van der Waals surface area contributed by atoms with Crippen molar-refractivity contribution in [3.05, 3.63) is 143 Å². The second-order valence-corrected chi connectivity index (χ2v) is 13.7. The Balaban J connectivity index is 1.23. The van der Waals surface area contributed by atoms with Crippen LogP contribution in [-0.4, -0.2) is 37.1 Å². The van der Waals surface area contributed by atoms with E-state index in [-0.39, 0.29) is 17.4 Å². The topological polar surface area (TPSA) is 90.9 Å². The summed E-state index contributed by atoms with van der Waals surface area (Å²) in [7, 11) is 3.99. The van der Waals surface area contributed by atoms with Crippen molar-refractivity contribution in [2.24, 2.45) is 0 Å². The number of halogens is 1. The quantitative estimate of drug-likeness (QED) is 0.122. The third-order valence-electron chi connectivity index (χ3n) is 8.28. The van der Waals surface area contributed by atoms with Gasteiger partial charge < -0.3 is 25.4 Å². The zero-order chi connectivity index (χ0) is 35.1. The van der Waals surface area contributed by atoms with E-state index in [1.165, 1.54) is 11.6 Å². The molecule has 0 aromatic heterocycles. The van der Waals surface area contributed by atoms with Gasteiger partial charge in [-0.05, 0) is 87.8 Å². The average molecular weight is 676 g/mol. The molecule has 8 heteroatoms. The predicted octanol–water partition coefficient (Wildman–Crippen LogP) is 9.20. The van der Waals surface area contributed by atoms with Crippen LogP contribution in [0.4, 0.5) is 11.4 Å². The number of anilines is 2. The van der Waals surface area contributed by atoms with Crippen molar-refractivity contribution in [2.45, 2.75) is 45.2 Å². The molecule has 0 bridgehead atoms. The van der Waals surface area contributed by atoms with Crippen LogP contribution in [-0.2, 0) is 23.2 Å². The third kappa shape index (κ3) is 9.42. The van der Waals surface area contributed by atoms with E-state index in [1.54, 1.807) is 12.1 Å². The molecule has 0 heterocycles. The highest BCUT2D eigenvalue weighted by Crippen LogP contribution is 2.28. The first-order chi connectivity index (χ1) is 23.4. The van der Waals surface area contributed by atoms with E-state index in [4.69, 9.17) is 16.3 Å². The molecule has 5 aromatic carbocycles. The monoisotopic (exact) mass is 675 g/mol. The van der Waals surface area contributed by atoms with Gasteiger partial charge in [-0.25, -0.2) is 4.79 Å². The zero-order valence-corrected chi connectivity index (χ0v) is 29.2. The van der Waals surface area contributed by atoms with Crippen molar-refractivity contribution in [3.8, 4) is 22.6 Å². The molecule has 252 valence electrons. The number of carboxylic acid groups (broad SMARTS) is 1. The summed E-state index contributed by atoms with van der Waals surface area (Å²) in [4.78, 5) is 27.8. The first-order valence-electron chi connectivity index (χ1n) is 16.2. The normalized spacial score (nSPS) is 11.8. The molecule has 3 N–H and O–H groups in total. The zero-order valence-electron chi connectivity index (χ0n) is 28.5. The standard InChI is InChI=1S/C41H42ClN3O4/c1-41(2,3)31-15-20-34(21-16-31)49-35-8-6-7-28(23-35)26-43-37-22-17-32(42)25-36(37)39(46)44-38(40(47)48)24-27-9-11-29(12-10-27)30-13-18-33(19-14-30)45(4)5/h6-23,25,38,43H,24,26H2,1-5H3,(H,44,46)(H,47,48)/t38-/m0/s1. The van der Waals surface area contributed by atoms with Crippen molar-refractivity contribution in [1.82, 2.24) is 5.32 Å². The lowest BCUT2D eigenvalue weighted by Gasteiger charge is -2.19. The van der Waals surface area contributed by atoms with Gasteiger partial charge >= 0.3 is 5.97 Å². The lowest BCUT2D eigenvalue weighted by atomic mass is 9.87. The Bertz CT molecular complexity index is 1900. The first-order valence-corrected chi connectivity index (χ1v) is 16.5. The van der Waals surface area contributed by atoms with Crippen molar-refractivity contribution in [2.75, 3.05) is 24.3 Å². The highest BCUT2D eigenvalue weighted by atomic mass is 35.5. The Morgan fingerprint density at radius 2 is 1.45 bits per heavy atom. The second-order valence-electron chi connectivity index (χ2n) is 13.3. The smallest absolute Gasteiger partial charge is 0.326 e. The second kappa shape index (κ2) is 15.3. The Morgan fingerprint density at radius 1 is 0.796 bits per heavy atom. The molecule has 1 amide bonds. The van der Waals surface area contributed by atoms with Gasteiger partial charge in [0.05, 0.1) is 5.56 Å². The number of benzene rings is 5. The highest BCUT2D eigenvalue weighted by molar-refractivity contribution is 6.31. The lowest BCUT2D eigenvalue weighted by molar-refractivity contribution is -0.139. The summed E-state index contributed by atoms with van der Waals surface area (Å²) in [5.41, 5.74) is 6.98. The van der Waals surface area contributed by atoms with Gasteiger partial charge in [-0.15, -0.1) is 0 Å². The summed E-state index contributed by atoms with van der Waals surface area (Å²) in [5.74, 6) is -0.228. The van der Waals surface area contributed by atoms with Crippen LogP contribution in [0.15, 0.2) is 115 Å². The van der Waals surface area contributed by atoms with E-state index in [1.807, 2.05) is 79.7 Å². The predicted molar refractivity (Wildman–Crippen MR) is 199 cm³/mol. The van der Waals surface area contributed by atoms with Gasteiger partial charge in [0.2, 0.25) is 0 Å². The van der Waals surface area contributed by atoms with Gasteiger partial charge in [-0.2, -0.15) is 0 Å². The van der Waals surface area contributed by atoms with Crippen LogP contribution in [0.25, 0.3) is 11.1 Å². The molecule has 7 nitrogen and oxygen atoms in total. The Kier molecular flexibility index (Phi) is 10.9. The number of carbonyl (C=O) groups is 2. The number of amides is 1. The Morgan fingerprint density at radius 3 is 2.06 bits per heavy atom. The molecular weight excluding hydrogens is 634 g/mol. The van der Waals surface area contributed by atoms with Gasteiger partial charge in [0, 0.05) is 43.5 Å². The number of carbonyl (C=O) groups excluding carboxylic acids is 1. The summed E-state index contributed by atoms with van der Waals surface area (Å²) in [5, 5.41) is 16.4. The average Bonchev–Trinajstić information content (AvgIpc) is 3.07. The van der Waals surface area contributed by atoms with Crippen molar-refractivity contribution >= 4 is 34.9 Å². The maximum absolute atomic E-state index is 13.5. The van der Waals surface area contributed by atoms with Crippen LogP contribution < -0.4 is 20.3 Å². The number of ether oxygens (including phenoxy) is 1. The highest BCUT2D eigenvalue weighted by Gasteiger charge is 2.23. The van der Waals surface area contributed by atoms with Crippen LogP contribution >= 0.6 is 11.6 Å². The molecule has 0 radical (unpaired) electrons. The molecule has 5 aromatic rings. The van der Waals surface area contributed by atoms with Gasteiger partial charge in [-0.3, -0.25) is 4.79 Å². The maximum atomic E-state index is 13.5. The van der Waals surface area contributed by atoms with E-state index in [9.17, 15) is 14.7 Å². The van der Waals surface area contributed by atoms with Gasteiger partial charge in [-0.1, -0.05) is 93.0 Å². The number of nitrogens with one attached hydrogen (secondary N) is 2. The Labute approximate surface area is 293 Å². The van der Waals surface area contributed by atoms with Crippen molar-refractivity contribution in [1.29, 1.82) is 0 Å². The van der Waals surface area contributed by atoms with E-state index in [2.05, 4.69) is 67.8 Å². The molecule has 0 aliphatic rings. The SMILES string of the molecule is CN(C)c1ccc(-c2ccc(C[C@H](NC(=O)c3cc(Cl)ccc3NCc3cccc(Oc4ccc(C(C)(C)C)cc4)c3)C(=O)O)cc2)cc1. The summed E-state index contributed by atoms with van der Waals surface area (Å²) in [6.45, 7) is 6.92. The molecule has 49 heavy (non-hydrogen) atoms. The fourth-order valence-corrected chi connectivity index (χ4v) is 5.56. The Hall–Kier alpha value is -5.27. The number of rotatable bonds is 12. The van der Waals surface area contributed by atoms with Crippen LogP contribution in [0.2, 0.25) is 5.02 Å². The van der Waals surface area contributed by atoms with Crippen LogP contribution in [0.1, 0.15) is 47.8 Å². The van der Waals surface area contributed by atoms with Crippen molar-refractivity contribution in [3.63, 3.8) is 0 Å². The van der Waals surface area contributed by atoms with E-state index < -0.39 is 17.9 Å². The molecule has 0 saturated carbocycles. The number of hydrogen-bond acceptors (Lipinski definition) is 5. The molecular formula is C41H42ClN3O4. The molecule has 0 spiro atoms. The minimum Gasteiger partial charge on any atom is -0.480 e. The number of aliphatic carboxylic acids is 1. The van der Waals surface area contributed by atoms with Crippen LogP contribution in [0.3, 0.4) is 0 Å². The molecule has 0 fully saturated rings. The van der Waals surface area contributed by atoms with Gasteiger partial charge in [0.15, 0.2) is 0 Å². The summed E-state index contributed by atoms with van der Waals surface area (Å²) < 4.78 is 6.11. The molecule has 0 aliphatic carbocycles. The van der Waals surface area contributed by atoms with Gasteiger partial charge in [0.25, 0.3) is 5.91 Å².